The summed E-state index contributed by atoms with van der Waals surface area (Å²) in [7, 11) is 2.19. The number of hydrogen-bond donors (Lipinski definition) is 0. The zero-order valence-electron chi connectivity index (χ0n) is 11.4. The van der Waals surface area contributed by atoms with Crippen molar-refractivity contribution in [2.45, 2.75) is 46.5 Å². The molecule has 0 bridgehead atoms. The second kappa shape index (κ2) is 5.93. The summed E-state index contributed by atoms with van der Waals surface area (Å²) in [4.78, 5) is 2.36. The lowest BCUT2D eigenvalue weighted by atomic mass is 10.00. The standard InChI is InChI=1S/C15H25N/c1-6-7-10-16(5)15-9-8-14(12(2)3)11-13(15)4/h8-9,11-12H,6-7,10H2,1-5H3. The first kappa shape index (κ1) is 13.1. The number of aryl methyl sites for hydroxylation is 1. The predicted octanol–water partition coefficient (Wildman–Crippen LogP) is 4.35. The summed E-state index contributed by atoms with van der Waals surface area (Å²) in [6, 6.07) is 6.85. The molecule has 0 saturated carbocycles. The smallest absolute Gasteiger partial charge is 0.0393 e. The van der Waals surface area contributed by atoms with Crippen LogP contribution in [0.5, 0.6) is 0 Å². The number of rotatable bonds is 5. The third-order valence-corrected chi connectivity index (χ3v) is 3.15. The van der Waals surface area contributed by atoms with Gasteiger partial charge in [-0.15, -0.1) is 0 Å². The molecule has 0 aliphatic rings. The highest BCUT2D eigenvalue weighted by molar-refractivity contribution is 5.54. The Balaban J connectivity index is 2.81. The minimum Gasteiger partial charge on any atom is -0.374 e. The van der Waals surface area contributed by atoms with Crippen molar-refractivity contribution < 1.29 is 0 Å². The van der Waals surface area contributed by atoms with Crippen LogP contribution in [0.25, 0.3) is 0 Å². The highest BCUT2D eigenvalue weighted by Crippen LogP contribution is 2.24. The van der Waals surface area contributed by atoms with E-state index in [4.69, 9.17) is 0 Å². The van der Waals surface area contributed by atoms with Crippen LogP contribution in [0.15, 0.2) is 18.2 Å². The molecule has 0 unspecified atom stereocenters. The molecule has 0 atom stereocenters. The van der Waals surface area contributed by atoms with Crippen molar-refractivity contribution in [2.75, 3.05) is 18.5 Å². The topological polar surface area (TPSA) is 3.24 Å². The Hall–Kier alpha value is -0.980. The first-order valence-corrected chi connectivity index (χ1v) is 6.38. The number of benzene rings is 1. The van der Waals surface area contributed by atoms with Gasteiger partial charge >= 0.3 is 0 Å². The summed E-state index contributed by atoms with van der Waals surface area (Å²) < 4.78 is 0. The SMILES string of the molecule is CCCCN(C)c1ccc(C(C)C)cc1C. The van der Waals surface area contributed by atoms with Gasteiger partial charge in [-0.3, -0.25) is 0 Å². The van der Waals surface area contributed by atoms with Crippen LogP contribution < -0.4 is 4.90 Å². The van der Waals surface area contributed by atoms with E-state index in [1.54, 1.807) is 0 Å². The fourth-order valence-corrected chi connectivity index (χ4v) is 1.98. The van der Waals surface area contributed by atoms with E-state index in [1.165, 1.54) is 29.7 Å². The molecule has 90 valence electrons. The molecule has 0 radical (unpaired) electrons. The Bertz CT molecular complexity index is 328. The molecule has 0 spiro atoms. The first-order valence-electron chi connectivity index (χ1n) is 6.38. The average molecular weight is 219 g/mol. The average Bonchev–Trinajstić information content (AvgIpc) is 2.25. The summed E-state index contributed by atoms with van der Waals surface area (Å²) in [5.41, 5.74) is 4.20. The molecule has 1 nitrogen and oxygen atoms in total. The first-order chi connectivity index (χ1) is 7.56. The van der Waals surface area contributed by atoms with Crippen LogP contribution in [-0.2, 0) is 0 Å². The Morgan fingerprint density at radius 1 is 1.25 bits per heavy atom. The number of anilines is 1. The van der Waals surface area contributed by atoms with Crippen LogP contribution in [0.4, 0.5) is 5.69 Å². The molecule has 0 aliphatic carbocycles. The molecule has 0 aliphatic heterocycles. The minimum atomic E-state index is 0.619. The lowest BCUT2D eigenvalue weighted by Crippen LogP contribution is -2.19. The normalized spacial score (nSPS) is 10.9. The van der Waals surface area contributed by atoms with Crippen LogP contribution in [-0.4, -0.2) is 13.6 Å². The number of hydrogen-bond acceptors (Lipinski definition) is 1. The van der Waals surface area contributed by atoms with E-state index < -0.39 is 0 Å². The monoisotopic (exact) mass is 219 g/mol. The quantitative estimate of drug-likeness (QED) is 0.711. The summed E-state index contributed by atoms with van der Waals surface area (Å²) in [5.74, 6) is 0.619. The minimum absolute atomic E-state index is 0.619. The Labute approximate surface area is 100 Å². The van der Waals surface area contributed by atoms with Gasteiger partial charge < -0.3 is 4.90 Å². The van der Waals surface area contributed by atoms with Crippen molar-refractivity contribution in [3.63, 3.8) is 0 Å². The van der Waals surface area contributed by atoms with Gasteiger partial charge in [-0.25, -0.2) is 0 Å². The molecule has 0 amide bonds. The molecule has 16 heavy (non-hydrogen) atoms. The van der Waals surface area contributed by atoms with Crippen LogP contribution in [0.3, 0.4) is 0 Å². The molecule has 0 heterocycles. The second-order valence-corrected chi connectivity index (χ2v) is 4.98. The van der Waals surface area contributed by atoms with Gasteiger partial charge in [0.05, 0.1) is 0 Å². The van der Waals surface area contributed by atoms with Gasteiger partial charge in [-0.05, 0) is 36.5 Å². The van der Waals surface area contributed by atoms with Gasteiger partial charge in [-0.1, -0.05) is 39.3 Å². The number of nitrogens with zero attached hydrogens (tertiary/aromatic N) is 1. The van der Waals surface area contributed by atoms with Crippen LogP contribution in [0.1, 0.15) is 50.7 Å². The van der Waals surface area contributed by atoms with Crippen molar-refractivity contribution in [2.24, 2.45) is 0 Å². The molecule has 1 aromatic carbocycles. The van der Waals surface area contributed by atoms with E-state index in [0.717, 1.165) is 6.54 Å². The van der Waals surface area contributed by atoms with Crippen molar-refractivity contribution in [1.82, 2.24) is 0 Å². The molecular formula is C15H25N. The van der Waals surface area contributed by atoms with Gasteiger partial charge in [0, 0.05) is 19.3 Å². The maximum absolute atomic E-state index is 2.36. The van der Waals surface area contributed by atoms with E-state index in [0.29, 0.717) is 5.92 Å². The van der Waals surface area contributed by atoms with Crippen molar-refractivity contribution in [3.8, 4) is 0 Å². The van der Waals surface area contributed by atoms with E-state index in [1.807, 2.05) is 0 Å². The van der Waals surface area contributed by atoms with Crippen molar-refractivity contribution in [1.29, 1.82) is 0 Å². The number of unbranched alkanes of at least 4 members (excludes halogenated alkanes) is 1. The fourth-order valence-electron chi connectivity index (χ4n) is 1.98. The third-order valence-electron chi connectivity index (χ3n) is 3.15. The summed E-state index contributed by atoms with van der Waals surface area (Å²) in [6.45, 7) is 10.1. The molecule has 1 heteroatoms. The van der Waals surface area contributed by atoms with E-state index in [2.05, 4.69) is 57.8 Å². The van der Waals surface area contributed by atoms with Gasteiger partial charge in [0.2, 0.25) is 0 Å². The summed E-state index contributed by atoms with van der Waals surface area (Å²) in [6.07, 6.45) is 2.52. The second-order valence-electron chi connectivity index (χ2n) is 4.98. The zero-order valence-corrected chi connectivity index (χ0v) is 11.4. The van der Waals surface area contributed by atoms with Crippen molar-refractivity contribution >= 4 is 5.69 Å². The molecule has 0 N–H and O–H groups in total. The Kier molecular flexibility index (Phi) is 4.85. The molecule has 0 fully saturated rings. The summed E-state index contributed by atoms with van der Waals surface area (Å²) >= 11 is 0. The third kappa shape index (κ3) is 3.26. The Morgan fingerprint density at radius 2 is 1.94 bits per heavy atom. The fraction of sp³-hybridized carbons (Fsp3) is 0.600. The maximum Gasteiger partial charge on any atom is 0.0393 e. The van der Waals surface area contributed by atoms with Crippen LogP contribution in [0.2, 0.25) is 0 Å². The highest BCUT2D eigenvalue weighted by Gasteiger charge is 2.06. The maximum atomic E-state index is 2.36. The van der Waals surface area contributed by atoms with Gasteiger partial charge in [0.25, 0.3) is 0 Å². The molecular weight excluding hydrogens is 194 g/mol. The highest BCUT2D eigenvalue weighted by atomic mass is 15.1. The predicted molar refractivity (Wildman–Crippen MR) is 73.4 cm³/mol. The van der Waals surface area contributed by atoms with E-state index >= 15 is 0 Å². The van der Waals surface area contributed by atoms with Crippen LogP contribution >= 0.6 is 0 Å². The molecule has 0 aromatic heterocycles. The van der Waals surface area contributed by atoms with E-state index in [-0.39, 0.29) is 0 Å². The molecule has 1 aromatic rings. The molecule has 0 saturated heterocycles. The van der Waals surface area contributed by atoms with Gasteiger partial charge in [0.15, 0.2) is 0 Å². The lowest BCUT2D eigenvalue weighted by molar-refractivity contribution is 0.764. The lowest BCUT2D eigenvalue weighted by Gasteiger charge is -2.22. The van der Waals surface area contributed by atoms with Crippen LogP contribution in [0, 0.1) is 6.92 Å². The Morgan fingerprint density at radius 3 is 2.44 bits per heavy atom. The van der Waals surface area contributed by atoms with Gasteiger partial charge in [0.1, 0.15) is 0 Å². The molecule has 1 rings (SSSR count). The van der Waals surface area contributed by atoms with Gasteiger partial charge in [-0.2, -0.15) is 0 Å². The zero-order chi connectivity index (χ0) is 12.1. The summed E-state index contributed by atoms with van der Waals surface area (Å²) in [5, 5.41) is 0. The largest absolute Gasteiger partial charge is 0.374 e. The van der Waals surface area contributed by atoms with Crippen molar-refractivity contribution in [3.05, 3.63) is 29.3 Å². The van der Waals surface area contributed by atoms with E-state index in [9.17, 15) is 0 Å².